The summed E-state index contributed by atoms with van der Waals surface area (Å²) >= 11 is 0. The third-order valence-electron chi connectivity index (χ3n) is 13.6. The molecule has 3 saturated carbocycles. The molecule has 0 spiro atoms. The number of esters is 1. The van der Waals surface area contributed by atoms with Gasteiger partial charge in [0, 0.05) is 32.4 Å². The Morgan fingerprint density at radius 2 is 1.50 bits per heavy atom. The molecule has 48 heavy (non-hydrogen) atoms. The Hall–Kier alpha value is -1.40. The molecule has 276 valence electrons. The van der Waals surface area contributed by atoms with Gasteiger partial charge in [-0.2, -0.15) is 0 Å². The quantitative estimate of drug-likeness (QED) is 0.0781. The van der Waals surface area contributed by atoms with Crippen LogP contribution >= 0.6 is 0 Å². The lowest BCUT2D eigenvalue weighted by Crippen LogP contribution is -2.50. The van der Waals surface area contributed by atoms with Gasteiger partial charge in [0.2, 0.25) is 5.91 Å². The molecule has 1 amide bonds. The zero-order chi connectivity index (χ0) is 34.9. The predicted octanol–water partition coefficient (Wildman–Crippen LogP) is 8.99. The smallest absolute Gasteiger partial charge is 0.306 e. The summed E-state index contributed by atoms with van der Waals surface area (Å²) in [6.07, 6.45) is 22.7. The van der Waals surface area contributed by atoms with Crippen molar-refractivity contribution in [3.8, 4) is 0 Å². The van der Waals surface area contributed by atoms with E-state index in [4.69, 9.17) is 4.74 Å². The van der Waals surface area contributed by atoms with Crippen molar-refractivity contribution < 1.29 is 14.3 Å². The normalized spacial score (nSPS) is 31.4. The second-order valence-electron chi connectivity index (χ2n) is 18.0. The van der Waals surface area contributed by atoms with Crippen LogP contribution in [0, 0.1) is 40.4 Å². The predicted molar refractivity (Wildman–Crippen MR) is 200 cm³/mol. The van der Waals surface area contributed by atoms with Crippen molar-refractivity contribution >= 4 is 11.9 Å². The van der Waals surface area contributed by atoms with Gasteiger partial charge in [0.05, 0.1) is 0 Å². The average Bonchev–Trinajstić information content (AvgIpc) is 3.36. The molecule has 4 aliphatic rings. The van der Waals surface area contributed by atoms with Gasteiger partial charge in [-0.15, -0.1) is 0 Å². The summed E-state index contributed by atoms with van der Waals surface area (Å²) in [5.41, 5.74) is 2.43. The molecule has 7 unspecified atom stereocenters. The van der Waals surface area contributed by atoms with Gasteiger partial charge >= 0.3 is 5.97 Å². The Morgan fingerprint density at radius 3 is 2.17 bits per heavy atom. The third kappa shape index (κ3) is 10.3. The van der Waals surface area contributed by atoms with Crippen molar-refractivity contribution in [1.82, 2.24) is 14.7 Å². The first-order valence-electron chi connectivity index (χ1n) is 20.3. The van der Waals surface area contributed by atoms with Crippen LogP contribution in [0.25, 0.3) is 0 Å². The maximum Gasteiger partial charge on any atom is 0.306 e. The van der Waals surface area contributed by atoms with Gasteiger partial charge < -0.3 is 19.4 Å². The Bertz CT molecular complexity index is 1040. The number of amides is 1. The lowest BCUT2D eigenvalue weighted by Gasteiger charge is -2.58. The van der Waals surface area contributed by atoms with Crippen molar-refractivity contribution in [2.24, 2.45) is 40.4 Å². The average molecular weight is 670 g/mol. The van der Waals surface area contributed by atoms with Crippen LogP contribution in [0.2, 0.25) is 0 Å². The van der Waals surface area contributed by atoms with Crippen molar-refractivity contribution in [2.45, 2.75) is 149 Å². The van der Waals surface area contributed by atoms with Gasteiger partial charge in [-0.1, -0.05) is 58.6 Å². The summed E-state index contributed by atoms with van der Waals surface area (Å²) in [5.74, 6) is 4.46. The number of unbranched alkanes of at least 4 members (excludes halogenated alkanes) is 2. The number of fused-ring (bicyclic) bond motifs is 5. The van der Waals surface area contributed by atoms with E-state index in [1.54, 1.807) is 5.57 Å². The minimum Gasteiger partial charge on any atom is -0.462 e. The molecule has 0 saturated heterocycles. The fourth-order valence-corrected chi connectivity index (χ4v) is 10.7. The number of carbonyl (C=O) groups excluding carboxylic acids is 2. The van der Waals surface area contributed by atoms with Gasteiger partial charge in [0.1, 0.15) is 6.10 Å². The van der Waals surface area contributed by atoms with Crippen molar-refractivity contribution in [2.75, 3.05) is 54.4 Å². The van der Waals surface area contributed by atoms with E-state index >= 15 is 0 Å². The number of carbonyl (C=O) groups is 2. The molecule has 0 aromatic heterocycles. The fourth-order valence-electron chi connectivity index (χ4n) is 10.7. The lowest BCUT2D eigenvalue weighted by molar-refractivity contribution is -0.151. The van der Waals surface area contributed by atoms with E-state index in [1.165, 1.54) is 57.8 Å². The van der Waals surface area contributed by atoms with E-state index in [2.05, 4.69) is 71.8 Å². The van der Waals surface area contributed by atoms with E-state index in [-0.39, 0.29) is 23.4 Å². The van der Waals surface area contributed by atoms with E-state index < -0.39 is 0 Å². The van der Waals surface area contributed by atoms with Crippen molar-refractivity contribution in [1.29, 1.82) is 0 Å². The maximum absolute atomic E-state index is 13.1. The molecule has 3 fully saturated rings. The lowest BCUT2D eigenvalue weighted by atomic mass is 9.47. The molecule has 4 rings (SSSR count). The van der Waals surface area contributed by atoms with Crippen LogP contribution in [0.4, 0.5) is 0 Å². The first-order valence-corrected chi connectivity index (χ1v) is 20.3. The fraction of sp³-hybridized carbons (Fsp3) is 0.905. The van der Waals surface area contributed by atoms with Crippen LogP contribution in [0.1, 0.15) is 143 Å². The maximum atomic E-state index is 13.1. The molecular weight excluding hydrogens is 594 g/mol. The summed E-state index contributed by atoms with van der Waals surface area (Å²) in [7, 11) is 8.32. The van der Waals surface area contributed by atoms with Gasteiger partial charge in [-0.3, -0.25) is 9.59 Å². The SMILES string of the molecule is CC(C)CCCCC1CCC2C3CC=C4CC(OC(=O)CCCCC(=O)N(CCCN(C)C)CCCN(C)C)CCC4(C)C3CCC12C. The van der Waals surface area contributed by atoms with E-state index in [0.717, 1.165) is 101 Å². The van der Waals surface area contributed by atoms with E-state index in [0.29, 0.717) is 18.3 Å². The third-order valence-corrected chi connectivity index (χ3v) is 13.6. The van der Waals surface area contributed by atoms with Gasteiger partial charge in [0.25, 0.3) is 0 Å². The number of allylic oxidation sites excluding steroid dienone is 1. The van der Waals surface area contributed by atoms with E-state index in [1.807, 2.05) is 4.90 Å². The highest BCUT2D eigenvalue weighted by atomic mass is 16.5. The molecule has 7 atom stereocenters. The Balaban J connectivity index is 1.21. The summed E-state index contributed by atoms with van der Waals surface area (Å²) < 4.78 is 6.10. The zero-order valence-electron chi connectivity index (χ0n) is 32.7. The zero-order valence-corrected chi connectivity index (χ0v) is 32.7. The van der Waals surface area contributed by atoms with Gasteiger partial charge in [-0.25, -0.2) is 0 Å². The summed E-state index contributed by atoms with van der Waals surface area (Å²) in [6.45, 7) is 13.6. The summed E-state index contributed by atoms with van der Waals surface area (Å²) in [6, 6.07) is 0. The molecule has 0 bridgehead atoms. The monoisotopic (exact) mass is 670 g/mol. The molecule has 6 nitrogen and oxygen atoms in total. The molecule has 0 N–H and O–H groups in total. The Kier molecular flexibility index (Phi) is 14.9. The van der Waals surface area contributed by atoms with Crippen LogP contribution in [0.5, 0.6) is 0 Å². The minimum absolute atomic E-state index is 0.0226. The number of rotatable bonds is 19. The highest BCUT2D eigenvalue weighted by Crippen LogP contribution is 2.66. The van der Waals surface area contributed by atoms with Crippen LogP contribution in [-0.4, -0.2) is 87.0 Å². The first-order chi connectivity index (χ1) is 22.8. The minimum atomic E-state index is -0.0713. The molecule has 6 heteroatoms. The number of hydrogen-bond acceptors (Lipinski definition) is 5. The topological polar surface area (TPSA) is 53.1 Å². The molecule has 0 heterocycles. The Labute approximate surface area is 296 Å². The second kappa shape index (κ2) is 18.2. The standard InChI is InChI=1S/C42H75N3O3/c1-32(2)15-9-10-16-33-20-22-37-36-21-19-34-31-35(23-25-42(34,4)38(36)24-26-41(33,37)3)48-40(47)18-12-11-17-39(46)45(29-13-27-43(5)6)30-14-28-44(7)8/h19,32-33,35-38H,9-18,20-31H2,1-8H3. The molecule has 0 aromatic carbocycles. The molecule has 0 radical (unpaired) electrons. The molecular formula is C42H75N3O3. The number of nitrogens with zero attached hydrogens (tertiary/aromatic N) is 3. The summed E-state index contributed by atoms with van der Waals surface area (Å²) in [4.78, 5) is 32.4. The Morgan fingerprint density at radius 1 is 0.812 bits per heavy atom. The number of hydrogen-bond donors (Lipinski definition) is 0. The van der Waals surface area contributed by atoms with Crippen LogP contribution in [-0.2, 0) is 14.3 Å². The van der Waals surface area contributed by atoms with Crippen LogP contribution < -0.4 is 0 Å². The molecule has 0 aliphatic heterocycles. The molecule has 0 aromatic rings. The van der Waals surface area contributed by atoms with Crippen molar-refractivity contribution in [3.05, 3.63) is 11.6 Å². The summed E-state index contributed by atoms with van der Waals surface area (Å²) in [5, 5.41) is 0. The second-order valence-corrected chi connectivity index (χ2v) is 18.0. The van der Waals surface area contributed by atoms with Crippen molar-refractivity contribution in [3.63, 3.8) is 0 Å². The van der Waals surface area contributed by atoms with Gasteiger partial charge in [-0.05, 0) is 159 Å². The molecule has 4 aliphatic carbocycles. The highest BCUT2D eigenvalue weighted by Gasteiger charge is 2.58. The van der Waals surface area contributed by atoms with E-state index in [9.17, 15) is 9.59 Å². The first kappa shape index (κ1) is 39.4. The largest absolute Gasteiger partial charge is 0.462 e. The van der Waals surface area contributed by atoms with Crippen LogP contribution in [0.3, 0.4) is 0 Å². The van der Waals surface area contributed by atoms with Gasteiger partial charge in [0.15, 0.2) is 0 Å². The highest BCUT2D eigenvalue weighted by molar-refractivity contribution is 5.76. The van der Waals surface area contributed by atoms with Crippen LogP contribution in [0.15, 0.2) is 11.6 Å². The number of ether oxygens (including phenoxy) is 1.